The predicted octanol–water partition coefficient (Wildman–Crippen LogP) is 1.45. The highest BCUT2D eigenvalue weighted by atomic mass is 16.5. The molecule has 1 amide bonds. The first-order valence-electron chi connectivity index (χ1n) is 5.99. The number of carbonyl (C=O) groups excluding carboxylic acids is 2. The molecule has 1 aromatic heterocycles. The number of furan rings is 1. The smallest absolute Gasteiger partial charge is 0.318 e. The summed E-state index contributed by atoms with van der Waals surface area (Å²) in [7, 11) is 1.28. The minimum absolute atomic E-state index is 0.298. The number of rotatable bonds is 6. The largest absolute Gasteiger partial charge is 0.468 e. The molecule has 0 fully saturated rings. The fraction of sp³-hybridized carbons (Fsp3) is 0.538. The van der Waals surface area contributed by atoms with Gasteiger partial charge < -0.3 is 14.5 Å². The molecule has 0 saturated heterocycles. The first-order valence-corrected chi connectivity index (χ1v) is 5.99. The lowest BCUT2D eigenvalue weighted by Crippen LogP contribution is -2.36. The van der Waals surface area contributed by atoms with Crippen molar-refractivity contribution in [3.05, 3.63) is 23.7 Å². The van der Waals surface area contributed by atoms with Crippen molar-refractivity contribution in [3.8, 4) is 0 Å². The summed E-state index contributed by atoms with van der Waals surface area (Å²) in [5.41, 5.74) is 0. The second-order valence-electron chi connectivity index (χ2n) is 4.04. The average molecular weight is 253 g/mol. The number of aryl methyl sites for hydroxylation is 1. The Morgan fingerprint density at radius 2 is 2.17 bits per heavy atom. The van der Waals surface area contributed by atoms with Crippen molar-refractivity contribution in [2.24, 2.45) is 5.92 Å². The van der Waals surface area contributed by atoms with Crippen molar-refractivity contribution in [2.75, 3.05) is 13.7 Å². The van der Waals surface area contributed by atoms with Gasteiger partial charge in [0.05, 0.1) is 7.11 Å². The monoisotopic (exact) mass is 253 g/mol. The normalized spacial score (nSPS) is 11.9. The number of amides is 1. The maximum absolute atomic E-state index is 11.7. The Balaban J connectivity index is 2.38. The minimum atomic E-state index is -0.728. The molecule has 0 aliphatic heterocycles. The van der Waals surface area contributed by atoms with E-state index in [4.69, 9.17) is 4.42 Å². The Morgan fingerprint density at radius 1 is 1.44 bits per heavy atom. The second-order valence-corrected chi connectivity index (χ2v) is 4.04. The topological polar surface area (TPSA) is 68.5 Å². The van der Waals surface area contributed by atoms with E-state index in [0.29, 0.717) is 19.4 Å². The van der Waals surface area contributed by atoms with Gasteiger partial charge in [-0.15, -0.1) is 0 Å². The summed E-state index contributed by atoms with van der Waals surface area (Å²) in [6.45, 7) is 4.09. The van der Waals surface area contributed by atoms with E-state index < -0.39 is 11.9 Å². The highest BCUT2D eigenvalue weighted by Crippen LogP contribution is 2.07. The number of carbonyl (C=O) groups is 2. The van der Waals surface area contributed by atoms with E-state index in [9.17, 15) is 9.59 Å². The standard InChI is InChI=1S/C13H19NO4/c1-4-11(13(16)17-3)12(15)14-8-7-10-6-5-9(2)18-10/h5-6,11H,4,7-8H2,1-3H3,(H,14,15). The van der Waals surface area contributed by atoms with E-state index >= 15 is 0 Å². The fourth-order valence-electron chi connectivity index (χ4n) is 1.65. The first-order chi connectivity index (χ1) is 8.58. The van der Waals surface area contributed by atoms with Gasteiger partial charge in [0.1, 0.15) is 17.4 Å². The Labute approximate surface area is 106 Å². The third kappa shape index (κ3) is 3.91. The van der Waals surface area contributed by atoms with Crippen LogP contribution in [0.25, 0.3) is 0 Å². The molecule has 0 saturated carbocycles. The summed E-state index contributed by atoms with van der Waals surface area (Å²) in [6.07, 6.45) is 1.04. The third-order valence-electron chi connectivity index (χ3n) is 2.68. The van der Waals surface area contributed by atoms with Gasteiger partial charge >= 0.3 is 5.97 Å². The Kier molecular flexibility index (Phi) is 5.42. The van der Waals surface area contributed by atoms with E-state index in [1.54, 1.807) is 6.92 Å². The number of hydrogen-bond acceptors (Lipinski definition) is 4. The number of nitrogens with one attached hydrogen (secondary N) is 1. The molecule has 0 aliphatic carbocycles. The van der Waals surface area contributed by atoms with Crippen molar-refractivity contribution >= 4 is 11.9 Å². The van der Waals surface area contributed by atoms with Gasteiger partial charge in [-0.25, -0.2) is 0 Å². The quantitative estimate of drug-likeness (QED) is 0.615. The highest BCUT2D eigenvalue weighted by Gasteiger charge is 2.24. The molecule has 5 nitrogen and oxygen atoms in total. The average Bonchev–Trinajstić information content (AvgIpc) is 2.75. The minimum Gasteiger partial charge on any atom is -0.468 e. The molecule has 100 valence electrons. The Hall–Kier alpha value is -1.78. The molecule has 1 unspecified atom stereocenters. The van der Waals surface area contributed by atoms with Gasteiger partial charge in [-0.1, -0.05) is 6.92 Å². The summed E-state index contributed by atoms with van der Waals surface area (Å²) in [4.78, 5) is 23.0. The van der Waals surface area contributed by atoms with Gasteiger partial charge in [0.15, 0.2) is 0 Å². The molecule has 1 atom stereocenters. The molecule has 1 rings (SSSR count). The molecular formula is C13H19NO4. The van der Waals surface area contributed by atoms with Crippen LogP contribution in [0.5, 0.6) is 0 Å². The van der Waals surface area contributed by atoms with Gasteiger partial charge in [0.25, 0.3) is 0 Å². The predicted molar refractivity (Wildman–Crippen MR) is 66.0 cm³/mol. The lowest BCUT2D eigenvalue weighted by molar-refractivity contribution is -0.150. The van der Waals surface area contributed by atoms with Crippen LogP contribution in [0.15, 0.2) is 16.5 Å². The number of hydrogen-bond donors (Lipinski definition) is 1. The second kappa shape index (κ2) is 6.83. The third-order valence-corrected chi connectivity index (χ3v) is 2.68. The zero-order valence-corrected chi connectivity index (χ0v) is 11.0. The van der Waals surface area contributed by atoms with Crippen LogP contribution < -0.4 is 5.32 Å². The molecule has 1 aromatic rings. The maximum atomic E-state index is 11.7. The van der Waals surface area contributed by atoms with E-state index in [2.05, 4.69) is 10.1 Å². The summed E-state index contributed by atoms with van der Waals surface area (Å²) in [6, 6.07) is 3.75. The molecule has 0 bridgehead atoms. The van der Waals surface area contributed by atoms with Crippen molar-refractivity contribution in [2.45, 2.75) is 26.7 Å². The van der Waals surface area contributed by atoms with Crippen LogP contribution in [-0.2, 0) is 20.7 Å². The van der Waals surface area contributed by atoms with E-state index in [0.717, 1.165) is 11.5 Å². The van der Waals surface area contributed by atoms with E-state index in [1.807, 2.05) is 19.1 Å². The first kappa shape index (κ1) is 14.3. The van der Waals surface area contributed by atoms with Crippen LogP contribution in [0.4, 0.5) is 0 Å². The molecule has 1 N–H and O–H groups in total. The zero-order valence-electron chi connectivity index (χ0n) is 11.0. The maximum Gasteiger partial charge on any atom is 0.318 e. The fourth-order valence-corrected chi connectivity index (χ4v) is 1.65. The molecule has 0 spiro atoms. The van der Waals surface area contributed by atoms with Crippen molar-refractivity contribution in [1.82, 2.24) is 5.32 Å². The lowest BCUT2D eigenvalue weighted by Gasteiger charge is -2.12. The Morgan fingerprint density at radius 3 is 2.67 bits per heavy atom. The van der Waals surface area contributed by atoms with Crippen molar-refractivity contribution in [3.63, 3.8) is 0 Å². The van der Waals surface area contributed by atoms with Gasteiger partial charge in [0.2, 0.25) is 5.91 Å². The zero-order chi connectivity index (χ0) is 13.5. The van der Waals surface area contributed by atoms with Crippen LogP contribution >= 0.6 is 0 Å². The van der Waals surface area contributed by atoms with Gasteiger partial charge in [0, 0.05) is 13.0 Å². The van der Waals surface area contributed by atoms with Crippen molar-refractivity contribution in [1.29, 1.82) is 0 Å². The van der Waals surface area contributed by atoms with E-state index in [-0.39, 0.29) is 5.91 Å². The molecule has 5 heteroatoms. The molecule has 0 aromatic carbocycles. The van der Waals surface area contributed by atoms with Crippen LogP contribution in [0.1, 0.15) is 24.9 Å². The molecule has 18 heavy (non-hydrogen) atoms. The number of methoxy groups -OCH3 is 1. The van der Waals surface area contributed by atoms with E-state index in [1.165, 1.54) is 7.11 Å². The Bertz CT molecular complexity index is 411. The molecule has 0 radical (unpaired) electrons. The summed E-state index contributed by atoms with van der Waals surface area (Å²) >= 11 is 0. The molecule has 0 aliphatic rings. The van der Waals surface area contributed by atoms with Gasteiger partial charge in [-0.3, -0.25) is 9.59 Å². The van der Waals surface area contributed by atoms with Crippen LogP contribution in [-0.4, -0.2) is 25.5 Å². The van der Waals surface area contributed by atoms with Crippen LogP contribution in [0.2, 0.25) is 0 Å². The summed E-state index contributed by atoms with van der Waals surface area (Å²) in [5.74, 6) is 0.140. The van der Waals surface area contributed by atoms with Crippen LogP contribution in [0, 0.1) is 12.8 Å². The lowest BCUT2D eigenvalue weighted by atomic mass is 10.1. The van der Waals surface area contributed by atoms with Gasteiger partial charge in [-0.2, -0.15) is 0 Å². The number of esters is 1. The SMILES string of the molecule is CCC(C(=O)NCCc1ccc(C)o1)C(=O)OC. The highest BCUT2D eigenvalue weighted by molar-refractivity contribution is 5.97. The van der Waals surface area contributed by atoms with Crippen LogP contribution in [0.3, 0.4) is 0 Å². The molecular weight excluding hydrogens is 234 g/mol. The van der Waals surface area contributed by atoms with Crippen molar-refractivity contribution < 1.29 is 18.7 Å². The molecule has 1 heterocycles. The number of ether oxygens (including phenoxy) is 1. The van der Waals surface area contributed by atoms with Gasteiger partial charge in [-0.05, 0) is 25.5 Å². The summed E-state index contributed by atoms with van der Waals surface area (Å²) in [5, 5.41) is 2.71. The summed E-state index contributed by atoms with van der Waals surface area (Å²) < 4.78 is 9.95.